The minimum absolute atomic E-state index is 0.0852. The van der Waals surface area contributed by atoms with Crippen molar-refractivity contribution >= 4 is 11.9 Å². The number of nitrogens with zero attached hydrogens (tertiary/aromatic N) is 1. The molecule has 2 rings (SSSR count). The number of ether oxygens (including phenoxy) is 1. The van der Waals surface area contributed by atoms with Crippen LogP contribution < -0.4 is 0 Å². The maximum Gasteiger partial charge on any atom is 0.311 e. The highest BCUT2D eigenvalue weighted by atomic mass is 16.5. The zero-order chi connectivity index (χ0) is 11.5. The van der Waals surface area contributed by atoms with Crippen molar-refractivity contribution in [2.45, 2.75) is 45.1 Å². The molecule has 4 heteroatoms. The Kier molecular flexibility index (Phi) is 3.46. The molecule has 0 aliphatic carbocycles. The van der Waals surface area contributed by atoms with Crippen LogP contribution in [0.5, 0.6) is 0 Å². The van der Waals surface area contributed by atoms with Gasteiger partial charge in [0, 0.05) is 19.0 Å². The van der Waals surface area contributed by atoms with E-state index in [2.05, 4.69) is 0 Å². The van der Waals surface area contributed by atoms with E-state index in [1.165, 1.54) is 0 Å². The molecule has 1 amide bonds. The first kappa shape index (κ1) is 11.4. The van der Waals surface area contributed by atoms with Gasteiger partial charge in [0.15, 0.2) is 0 Å². The molecule has 2 saturated heterocycles. The largest absolute Gasteiger partial charge is 0.466 e. The van der Waals surface area contributed by atoms with Crippen molar-refractivity contribution in [1.29, 1.82) is 0 Å². The monoisotopic (exact) mass is 225 g/mol. The van der Waals surface area contributed by atoms with Crippen LogP contribution in [0.2, 0.25) is 0 Å². The number of carbonyl (C=O) groups is 2. The number of amides is 1. The summed E-state index contributed by atoms with van der Waals surface area (Å²) in [5.41, 5.74) is 0. The topological polar surface area (TPSA) is 46.6 Å². The molecule has 0 spiro atoms. The van der Waals surface area contributed by atoms with Crippen LogP contribution in [0.4, 0.5) is 0 Å². The Labute approximate surface area is 95.9 Å². The third-order valence-electron chi connectivity index (χ3n) is 3.58. The second-order valence-corrected chi connectivity index (χ2v) is 4.55. The summed E-state index contributed by atoms with van der Waals surface area (Å²) in [6, 6.07) is 0.106. The van der Waals surface area contributed by atoms with Gasteiger partial charge in [0.1, 0.15) is 0 Å². The van der Waals surface area contributed by atoms with E-state index in [1.54, 1.807) is 0 Å². The second-order valence-electron chi connectivity index (χ2n) is 4.55. The highest BCUT2D eigenvalue weighted by Crippen LogP contribution is 2.32. The van der Waals surface area contributed by atoms with Crippen LogP contribution in [-0.4, -0.2) is 36.0 Å². The molecule has 2 aliphatic heterocycles. The number of hydrogen-bond donors (Lipinski definition) is 0. The van der Waals surface area contributed by atoms with Crippen LogP contribution in [0, 0.1) is 5.92 Å². The molecule has 2 atom stereocenters. The zero-order valence-electron chi connectivity index (χ0n) is 9.78. The van der Waals surface area contributed by atoms with E-state index in [-0.39, 0.29) is 23.8 Å². The lowest BCUT2D eigenvalue weighted by molar-refractivity contribution is -0.156. The van der Waals surface area contributed by atoms with Crippen LogP contribution >= 0.6 is 0 Å². The number of piperidine rings is 2. The van der Waals surface area contributed by atoms with E-state index in [4.69, 9.17) is 4.74 Å². The quantitative estimate of drug-likeness (QED) is 0.666. The Hall–Kier alpha value is -1.06. The van der Waals surface area contributed by atoms with Crippen LogP contribution in [-0.2, 0) is 14.3 Å². The van der Waals surface area contributed by atoms with Gasteiger partial charge in [-0.15, -0.1) is 0 Å². The van der Waals surface area contributed by atoms with Crippen molar-refractivity contribution < 1.29 is 14.3 Å². The standard InChI is InChI=1S/C12H19NO3/c1-2-16-12(15)9-5-4-8-13-10(9)6-3-7-11(13)14/h9-10H,2-8H2,1H3/t9-,10-/m1/s1. The molecule has 0 aromatic heterocycles. The van der Waals surface area contributed by atoms with Gasteiger partial charge >= 0.3 is 5.97 Å². The van der Waals surface area contributed by atoms with E-state index in [0.717, 1.165) is 32.2 Å². The van der Waals surface area contributed by atoms with Gasteiger partial charge in [0.05, 0.1) is 12.5 Å². The summed E-state index contributed by atoms with van der Waals surface area (Å²) in [4.78, 5) is 25.4. The van der Waals surface area contributed by atoms with Gasteiger partial charge in [-0.1, -0.05) is 0 Å². The van der Waals surface area contributed by atoms with Crippen molar-refractivity contribution in [2.75, 3.05) is 13.2 Å². The lowest BCUT2D eigenvalue weighted by Crippen LogP contribution is -2.53. The lowest BCUT2D eigenvalue weighted by Gasteiger charge is -2.43. The van der Waals surface area contributed by atoms with Crippen LogP contribution in [0.3, 0.4) is 0 Å². The van der Waals surface area contributed by atoms with E-state index >= 15 is 0 Å². The summed E-state index contributed by atoms with van der Waals surface area (Å²) >= 11 is 0. The van der Waals surface area contributed by atoms with E-state index in [0.29, 0.717) is 13.0 Å². The van der Waals surface area contributed by atoms with E-state index in [9.17, 15) is 9.59 Å². The Morgan fingerprint density at radius 3 is 3.00 bits per heavy atom. The highest BCUT2D eigenvalue weighted by molar-refractivity contribution is 5.80. The van der Waals surface area contributed by atoms with Gasteiger partial charge < -0.3 is 9.64 Å². The van der Waals surface area contributed by atoms with Gasteiger partial charge in [-0.3, -0.25) is 9.59 Å². The van der Waals surface area contributed by atoms with Crippen LogP contribution in [0.25, 0.3) is 0 Å². The fourth-order valence-electron chi connectivity index (χ4n) is 2.85. The minimum Gasteiger partial charge on any atom is -0.466 e. The zero-order valence-corrected chi connectivity index (χ0v) is 9.78. The number of esters is 1. The van der Waals surface area contributed by atoms with Crippen LogP contribution in [0.15, 0.2) is 0 Å². The number of rotatable bonds is 2. The predicted octanol–water partition coefficient (Wildman–Crippen LogP) is 1.34. The summed E-state index contributed by atoms with van der Waals surface area (Å²) < 4.78 is 5.09. The molecule has 0 saturated carbocycles. The highest BCUT2D eigenvalue weighted by Gasteiger charge is 2.40. The first-order chi connectivity index (χ1) is 7.74. The SMILES string of the molecule is CCOC(=O)[C@@H]1CCCN2C(=O)CCC[C@H]12. The van der Waals surface area contributed by atoms with Gasteiger partial charge in [0.2, 0.25) is 5.91 Å². The Morgan fingerprint density at radius 1 is 1.44 bits per heavy atom. The minimum atomic E-state index is -0.119. The molecule has 0 unspecified atom stereocenters. The molecule has 90 valence electrons. The molecule has 4 nitrogen and oxygen atoms in total. The third-order valence-corrected chi connectivity index (χ3v) is 3.58. The Balaban J connectivity index is 2.08. The number of fused-ring (bicyclic) bond motifs is 1. The normalized spacial score (nSPS) is 29.8. The van der Waals surface area contributed by atoms with Gasteiger partial charge in [0.25, 0.3) is 0 Å². The fourth-order valence-corrected chi connectivity index (χ4v) is 2.85. The first-order valence-electron chi connectivity index (χ1n) is 6.20. The lowest BCUT2D eigenvalue weighted by atomic mass is 9.83. The summed E-state index contributed by atoms with van der Waals surface area (Å²) in [7, 11) is 0. The summed E-state index contributed by atoms with van der Waals surface area (Å²) in [6.45, 7) is 3.07. The average Bonchev–Trinajstić information content (AvgIpc) is 2.29. The van der Waals surface area contributed by atoms with Crippen LogP contribution in [0.1, 0.15) is 39.0 Å². The molecule has 0 aromatic rings. The Bertz CT molecular complexity index is 290. The number of hydrogen-bond acceptors (Lipinski definition) is 3. The van der Waals surface area contributed by atoms with Crippen molar-refractivity contribution in [3.05, 3.63) is 0 Å². The molecule has 0 bridgehead atoms. The molecule has 0 N–H and O–H groups in total. The maximum atomic E-state index is 11.8. The maximum absolute atomic E-state index is 11.8. The van der Waals surface area contributed by atoms with Crippen molar-refractivity contribution in [2.24, 2.45) is 5.92 Å². The van der Waals surface area contributed by atoms with Gasteiger partial charge in [-0.2, -0.15) is 0 Å². The molecule has 0 radical (unpaired) electrons. The van der Waals surface area contributed by atoms with Crippen molar-refractivity contribution in [3.8, 4) is 0 Å². The molecular formula is C12H19NO3. The second kappa shape index (κ2) is 4.85. The fraction of sp³-hybridized carbons (Fsp3) is 0.833. The number of carbonyl (C=O) groups excluding carboxylic acids is 2. The van der Waals surface area contributed by atoms with E-state index in [1.807, 2.05) is 11.8 Å². The van der Waals surface area contributed by atoms with Crippen molar-refractivity contribution in [3.63, 3.8) is 0 Å². The van der Waals surface area contributed by atoms with Gasteiger partial charge in [-0.05, 0) is 32.6 Å². The Morgan fingerprint density at radius 2 is 2.25 bits per heavy atom. The smallest absolute Gasteiger partial charge is 0.311 e. The van der Waals surface area contributed by atoms with Gasteiger partial charge in [-0.25, -0.2) is 0 Å². The third kappa shape index (κ3) is 2.06. The predicted molar refractivity (Wildman–Crippen MR) is 58.7 cm³/mol. The molecular weight excluding hydrogens is 206 g/mol. The molecule has 2 aliphatic rings. The summed E-state index contributed by atoms with van der Waals surface area (Å²) in [5, 5.41) is 0. The first-order valence-corrected chi connectivity index (χ1v) is 6.20. The summed E-state index contributed by atoms with van der Waals surface area (Å²) in [5.74, 6) is 0.00935. The molecule has 16 heavy (non-hydrogen) atoms. The molecule has 2 heterocycles. The average molecular weight is 225 g/mol. The molecule has 0 aromatic carbocycles. The van der Waals surface area contributed by atoms with Crippen molar-refractivity contribution in [1.82, 2.24) is 4.90 Å². The van der Waals surface area contributed by atoms with E-state index < -0.39 is 0 Å². The molecule has 2 fully saturated rings. The summed E-state index contributed by atoms with van der Waals surface area (Å²) in [6.07, 6.45) is 4.30.